The third kappa shape index (κ3) is 4.08. The van der Waals surface area contributed by atoms with Crippen LogP contribution in [0.25, 0.3) is 0 Å². The molecular formula is C6H4ClKNO5S. The standard InChI is InChI=1S/C6H4ClNO5S.K/c7-4-1-2-6(14(11,12)13)5(3-4)8(9)10;/h1-3H,(H,11,12,13);. The fourth-order valence-electron chi connectivity index (χ4n) is 0.851. The number of benzene rings is 1. The Morgan fingerprint density at radius 3 is 2.33 bits per heavy atom. The molecule has 77 valence electrons. The molecule has 1 radical (unpaired) electrons. The van der Waals surface area contributed by atoms with Gasteiger partial charge in [0.2, 0.25) is 0 Å². The summed E-state index contributed by atoms with van der Waals surface area (Å²) in [6.07, 6.45) is 0. The summed E-state index contributed by atoms with van der Waals surface area (Å²) in [6.45, 7) is 0. The van der Waals surface area contributed by atoms with Crippen LogP contribution in [0.15, 0.2) is 23.1 Å². The minimum atomic E-state index is -4.60. The minimum Gasteiger partial charge on any atom is -0.282 e. The summed E-state index contributed by atoms with van der Waals surface area (Å²) >= 11 is 5.43. The molecule has 15 heavy (non-hydrogen) atoms. The van der Waals surface area contributed by atoms with E-state index in [1.165, 1.54) is 0 Å². The van der Waals surface area contributed by atoms with Crippen molar-refractivity contribution in [1.29, 1.82) is 0 Å². The molecular weight excluding hydrogens is 273 g/mol. The molecule has 9 heteroatoms. The quantitative estimate of drug-likeness (QED) is 0.378. The van der Waals surface area contributed by atoms with Crippen LogP contribution in [0, 0.1) is 10.1 Å². The molecule has 0 unspecified atom stereocenters. The second kappa shape index (κ2) is 5.69. The Hall–Kier alpha value is 0.456. The molecule has 0 amide bonds. The number of hydrogen-bond donors (Lipinski definition) is 1. The van der Waals surface area contributed by atoms with Gasteiger partial charge < -0.3 is 0 Å². The molecule has 0 aromatic heterocycles. The van der Waals surface area contributed by atoms with E-state index in [1.807, 2.05) is 0 Å². The van der Waals surface area contributed by atoms with Crippen LogP contribution in [-0.4, -0.2) is 69.3 Å². The van der Waals surface area contributed by atoms with Crippen LogP contribution in [0.2, 0.25) is 5.02 Å². The molecule has 0 spiro atoms. The van der Waals surface area contributed by atoms with Crippen molar-refractivity contribution in [2.75, 3.05) is 0 Å². The van der Waals surface area contributed by atoms with E-state index in [9.17, 15) is 18.5 Å². The van der Waals surface area contributed by atoms with Gasteiger partial charge in [0.05, 0.1) is 4.92 Å². The van der Waals surface area contributed by atoms with Crippen molar-refractivity contribution in [3.63, 3.8) is 0 Å². The number of halogens is 1. The van der Waals surface area contributed by atoms with Crippen LogP contribution in [0.3, 0.4) is 0 Å². The zero-order chi connectivity index (χ0) is 10.9. The fourth-order valence-corrected chi connectivity index (χ4v) is 1.66. The first-order valence-electron chi connectivity index (χ1n) is 3.24. The largest absolute Gasteiger partial charge is 0.301 e. The summed E-state index contributed by atoms with van der Waals surface area (Å²) in [7, 11) is -4.60. The van der Waals surface area contributed by atoms with Crippen LogP contribution < -0.4 is 0 Å². The summed E-state index contributed by atoms with van der Waals surface area (Å²) in [5.41, 5.74) is -0.750. The van der Waals surface area contributed by atoms with E-state index < -0.39 is 25.6 Å². The Kier molecular flexibility index (Phi) is 5.86. The van der Waals surface area contributed by atoms with Gasteiger partial charge in [0, 0.05) is 62.5 Å². The number of rotatable bonds is 2. The maximum atomic E-state index is 10.7. The Balaban J connectivity index is 0.00000196. The molecule has 0 heterocycles. The maximum absolute atomic E-state index is 10.7. The topological polar surface area (TPSA) is 97.5 Å². The normalized spacial score (nSPS) is 10.5. The Labute approximate surface area is 133 Å². The molecule has 0 aliphatic heterocycles. The van der Waals surface area contributed by atoms with Gasteiger partial charge in [-0.1, -0.05) is 11.6 Å². The van der Waals surface area contributed by atoms with Gasteiger partial charge in [0.25, 0.3) is 5.69 Å². The summed E-state index contributed by atoms with van der Waals surface area (Å²) < 4.78 is 30.0. The van der Waals surface area contributed by atoms with Crippen molar-refractivity contribution in [2.24, 2.45) is 0 Å². The maximum Gasteiger partial charge on any atom is 0.301 e. The summed E-state index contributed by atoms with van der Waals surface area (Å²) in [5.74, 6) is 0. The predicted molar refractivity (Wildman–Crippen MR) is 53.7 cm³/mol. The van der Waals surface area contributed by atoms with Crippen molar-refractivity contribution < 1.29 is 17.9 Å². The molecule has 0 saturated heterocycles. The summed E-state index contributed by atoms with van der Waals surface area (Å²) in [6, 6.07) is 2.86. The zero-order valence-electron chi connectivity index (χ0n) is 7.55. The predicted octanol–water partition coefficient (Wildman–Crippen LogP) is 1.11. The molecule has 0 aliphatic rings. The van der Waals surface area contributed by atoms with Crippen molar-refractivity contribution in [3.05, 3.63) is 33.3 Å². The van der Waals surface area contributed by atoms with Crippen LogP contribution in [-0.2, 0) is 10.1 Å². The zero-order valence-corrected chi connectivity index (χ0v) is 12.2. The Morgan fingerprint density at radius 2 is 1.93 bits per heavy atom. The number of nitro benzene ring substituents is 1. The van der Waals surface area contributed by atoms with E-state index in [2.05, 4.69) is 0 Å². The van der Waals surface area contributed by atoms with E-state index in [-0.39, 0.29) is 56.4 Å². The minimum absolute atomic E-state index is 0. The number of nitro groups is 1. The van der Waals surface area contributed by atoms with Crippen LogP contribution >= 0.6 is 11.6 Å². The third-order valence-corrected chi connectivity index (χ3v) is 2.53. The van der Waals surface area contributed by atoms with Crippen molar-refractivity contribution in [2.45, 2.75) is 4.90 Å². The smallest absolute Gasteiger partial charge is 0.282 e. The third-order valence-electron chi connectivity index (χ3n) is 1.40. The molecule has 1 rings (SSSR count). The molecule has 1 N–H and O–H groups in total. The van der Waals surface area contributed by atoms with Gasteiger partial charge in [-0.25, -0.2) is 0 Å². The van der Waals surface area contributed by atoms with Crippen molar-refractivity contribution in [1.82, 2.24) is 0 Å². The van der Waals surface area contributed by atoms with E-state index in [0.717, 1.165) is 18.2 Å². The van der Waals surface area contributed by atoms with E-state index in [1.54, 1.807) is 0 Å². The van der Waals surface area contributed by atoms with Crippen molar-refractivity contribution >= 4 is 78.8 Å². The van der Waals surface area contributed by atoms with Crippen LogP contribution in [0.5, 0.6) is 0 Å². The average Bonchev–Trinajstić information content (AvgIpc) is 2.01. The van der Waals surface area contributed by atoms with Gasteiger partial charge in [-0.05, 0) is 12.1 Å². The van der Waals surface area contributed by atoms with Crippen molar-refractivity contribution in [3.8, 4) is 0 Å². The Bertz CT molecular complexity index is 488. The fraction of sp³-hybridized carbons (Fsp3) is 0. The molecule has 6 nitrogen and oxygen atoms in total. The van der Waals surface area contributed by atoms with Gasteiger partial charge in [-0.3, -0.25) is 14.7 Å². The van der Waals surface area contributed by atoms with E-state index in [0.29, 0.717) is 0 Å². The first kappa shape index (κ1) is 15.5. The van der Waals surface area contributed by atoms with Gasteiger partial charge >= 0.3 is 10.1 Å². The molecule has 0 bridgehead atoms. The number of hydrogen-bond acceptors (Lipinski definition) is 4. The number of nitrogens with zero attached hydrogens (tertiary/aromatic N) is 1. The van der Waals surface area contributed by atoms with Crippen LogP contribution in [0.1, 0.15) is 0 Å². The molecule has 0 saturated carbocycles. The second-order valence-electron chi connectivity index (χ2n) is 2.34. The molecule has 1 aromatic rings. The first-order chi connectivity index (χ1) is 6.32. The van der Waals surface area contributed by atoms with Crippen LogP contribution in [0.4, 0.5) is 5.69 Å². The first-order valence-corrected chi connectivity index (χ1v) is 5.05. The monoisotopic (exact) mass is 276 g/mol. The van der Waals surface area contributed by atoms with Gasteiger partial charge in [0.1, 0.15) is 0 Å². The Morgan fingerprint density at radius 1 is 1.40 bits per heavy atom. The van der Waals surface area contributed by atoms with Gasteiger partial charge in [0.15, 0.2) is 4.90 Å². The van der Waals surface area contributed by atoms with E-state index >= 15 is 0 Å². The van der Waals surface area contributed by atoms with E-state index in [4.69, 9.17) is 16.2 Å². The van der Waals surface area contributed by atoms with Gasteiger partial charge in [-0.15, -0.1) is 0 Å². The molecule has 1 aromatic carbocycles. The summed E-state index contributed by atoms with van der Waals surface area (Å²) in [4.78, 5) is 8.69. The second-order valence-corrected chi connectivity index (χ2v) is 4.17. The molecule has 0 atom stereocenters. The average molecular weight is 277 g/mol. The SMILES string of the molecule is O=[N+]([O-])c1cc(Cl)ccc1S(=O)(=O)O.[K]. The summed E-state index contributed by atoms with van der Waals surface area (Å²) in [5, 5.41) is 10.4. The van der Waals surface area contributed by atoms with Gasteiger partial charge in [-0.2, -0.15) is 8.42 Å². The molecule has 0 fully saturated rings. The molecule has 0 aliphatic carbocycles.